The zero-order chi connectivity index (χ0) is 14.4. The first-order chi connectivity index (χ1) is 9.76. The summed E-state index contributed by atoms with van der Waals surface area (Å²) < 4.78 is 10.5. The van der Waals surface area contributed by atoms with E-state index in [9.17, 15) is 0 Å². The zero-order valence-electron chi connectivity index (χ0n) is 11.5. The van der Waals surface area contributed by atoms with Gasteiger partial charge in [-0.05, 0) is 29.8 Å². The molecule has 0 unspecified atom stereocenters. The van der Waals surface area contributed by atoms with Gasteiger partial charge >= 0.3 is 0 Å². The van der Waals surface area contributed by atoms with Crippen molar-refractivity contribution in [2.24, 2.45) is 0 Å². The number of rotatable bonds is 5. The smallest absolute Gasteiger partial charge is 0.142 e. The molecule has 4 heteroatoms. The molecule has 0 aliphatic heterocycles. The Hall–Kier alpha value is -2.67. The van der Waals surface area contributed by atoms with Crippen LogP contribution in [0.1, 0.15) is 11.1 Å². The maximum atomic E-state index is 8.77. The van der Waals surface area contributed by atoms with Crippen molar-refractivity contribution in [3.05, 3.63) is 53.6 Å². The van der Waals surface area contributed by atoms with Crippen LogP contribution in [0.15, 0.2) is 42.5 Å². The van der Waals surface area contributed by atoms with Crippen LogP contribution in [-0.2, 0) is 6.54 Å². The average Bonchev–Trinajstić information content (AvgIpc) is 2.53. The highest BCUT2D eigenvalue weighted by Gasteiger charge is 2.04. The van der Waals surface area contributed by atoms with E-state index in [0.29, 0.717) is 12.1 Å². The second-order valence-corrected chi connectivity index (χ2v) is 4.23. The van der Waals surface area contributed by atoms with Gasteiger partial charge in [0, 0.05) is 12.6 Å². The number of methoxy groups -OCH3 is 2. The van der Waals surface area contributed by atoms with E-state index >= 15 is 0 Å². The third-order valence-corrected chi connectivity index (χ3v) is 2.97. The van der Waals surface area contributed by atoms with Crippen molar-refractivity contribution in [1.29, 1.82) is 5.26 Å². The number of nitriles is 1. The van der Waals surface area contributed by atoms with Crippen LogP contribution in [-0.4, -0.2) is 14.2 Å². The predicted molar refractivity (Wildman–Crippen MR) is 78.0 cm³/mol. The highest BCUT2D eigenvalue weighted by molar-refractivity contribution is 5.60. The minimum atomic E-state index is 0.648. The standard InChI is InChI=1S/C16H16N2O2/c1-19-14-7-8-16(20-2)15(9-14)18-11-13-5-3-12(10-17)4-6-13/h3-9,18H,11H2,1-2H3. The lowest BCUT2D eigenvalue weighted by Gasteiger charge is -2.12. The fourth-order valence-electron chi connectivity index (χ4n) is 1.85. The number of hydrogen-bond donors (Lipinski definition) is 1. The van der Waals surface area contributed by atoms with Crippen LogP contribution >= 0.6 is 0 Å². The van der Waals surface area contributed by atoms with E-state index in [1.54, 1.807) is 26.4 Å². The second kappa shape index (κ2) is 6.48. The molecule has 0 saturated heterocycles. The lowest BCUT2D eigenvalue weighted by Crippen LogP contribution is -2.01. The summed E-state index contributed by atoms with van der Waals surface area (Å²) in [5, 5.41) is 12.1. The summed E-state index contributed by atoms with van der Waals surface area (Å²) in [6.45, 7) is 0.648. The van der Waals surface area contributed by atoms with E-state index in [2.05, 4.69) is 11.4 Å². The SMILES string of the molecule is COc1ccc(OC)c(NCc2ccc(C#N)cc2)c1. The molecule has 2 aromatic rings. The minimum Gasteiger partial charge on any atom is -0.497 e. The first kappa shape index (κ1) is 13.8. The first-order valence-electron chi connectivity index (χ1n) is 6.21. The van der Waals surface area contributed by atoms with Crippen LogP contribution in [0.3, 0.4) is 0 Å². The van der Waals surface area contributed by atoms with Gasteiger partial charge in [0.05, 0.1) is 31.5 Å². The molecule has 0 aliphatic carbocycles. The van der Waals surface area contributed by atoms with Crippen LogP contribution in [0.25, 0.3) is 0 Å². The molecule has 2 rings (SSSR count). The maximum absolute atomic E-state index is 8.77. The van der Waals surface area contributed by atoms with E-state index in [0.717, 1.165) is 22.7 Å². The van der Waals surface area contributed by atoms with Crippen molar-refractivity contribution in [2.45, 2.75) is 6.54 Å². The number of hydrogen-bond acceptors (Lipinski definition) is 4. The molecule has 0 aliphatic rings. The van der Waals surface area contributed by atoms with Gasteiger partial charge in [0.25, 0.3) is 0 Å². The van der Waals surface area contributed by atoms with Crippen LogP contribution in [0.5, 0.6) is 11.5 Å². The van der Waals surface area contributed by atoms with E-state index in [4.69, 9.17) is 14.7 Å². The number of benzene rings is 2. The second-order valence-electron chi connectivity index (χ2n) is 4.23. The molecule has 20 heavy (non-hydrogen) atoms. The Morgan fingerprint density at radius 2 is 1.80 bits per heavy atom. The highest BCUT2D eigenvalue weighted by Crippen LogP contribution is 2.29. The molecule has 102 valence electrons. The van der Waals surface area contributed by atoms with E-state index in [1.807, 2.05) is 30.3 Å². The van der Waals surface area contributed by atoms with Gasteiger partial charge in [-0.2, -0.15) is 5.26 Å². The summed E-state index contributed by atoms with van der Waals surface area (Å²) in [6.07, 6.45) is 0. The van der Waals surface area contributed by atoms with Gasteiger partial charge in [-0.1, -0.05) is 12.1 Å². The molecule has 0 heterocycles. The summed E-state index contributed by atoms with van der Waals surface area (Å²) in [7, 11) is 3.26. The van der Waals surface area contributed by atoms with Crippen LogP contribution in [0.2, 0.25) is 0 Å². The van der Waals surface area contributed by atoms with Crippen LogP contribution < -0.4 is 14.8 Å². The van der Waals surface area contributed by atoms with Gasteiger partial charge < -0.3 is 14.8 Å². The van der Waals surface area contributed by atoms with Crippen molar-refractivity contribution in [3.8, 4) is 17.6 Å². The fourth-order valence-corrected chi connectivity index (χ4v) is 1.85. The van der Waals surface area contributed by atoms with Crippen LogP contribution in [0, 0.1) is 11.3 Å². The summed E-state index contributed by atoms with van der Waals surface area (Å²) in [5.74, 6) is 1.53. The van der Waals surface area contributed by atoms with Gasteiger partial charge in [0.15, 0.2) is 0 Å². The summed E-state index contributed by atoms with van der Waals surface area (Å²) >= 11 is 0. The van der Waals surface area contributed by atoms with Gasteiger partial charge in [-0.25, -0.2) is 0 Å². The van der Waals surface area contributed by atoms with Crippen molar-refractivity contribution >= 4 is 5.69 Å². The molecule has 0 saturated carbocycles. The van der Waals surface area contributed by atoms with Crippen molar-refractivity contribution in [3.63, 3.8) is 0 Å². The first-order valence-corrected chi connectivity index (χ1v) is 6.21. The maximum Gasteiger partial charge on any atom is 0.142 e. The fraction of sp³-hybridized carbons (Fsp3) is 0.188. The van der Waals surface area contributed by atoms with Crippen molar-refractivity contribution < 1.29 is 9.47 Å². The molecule has 0 fully saturated rings. The lowest BCUT2D eigenvalue weighted by atomic mass is 10.1. The van der Waals surface area contributed by atoms with Gasteiger partial charge in [-0.15, -0.1) is 0 Å². The Balaban J connectivity index is 2.11. The van der Waals surface area contributed by atoms with E-state index < -0.39 is 0 Å². The van der Waals surface area contributed by atoms with Gasteiger partial charge in [0.1, 0.15) is 11.5 Å². The molecule has 0 radical (unpaired) electrons. The predicted octanol–water partition coefficient (Wildman–Crippen LogP) is 3.19. The number of anilines is 1. The van der Waals surface area contributed by atoms with Crippen LogP contribution in [0.4, 0.5) is 5.69 Å². The number of nitrogens with one attached hydrogen (secondary N) is 1. The number of nitrogens with zero attached hydrogens (tertiary/aromatic N) is 1. The summed E-state index contributed by atoms with van der Waals surface area (Å²) in [4.78, 5) is 0. The van der Waals surface area contributed by atoms with E-state index in [-0.39, 0.29) is 0 Å². The molecule has 2 aromatic carbocycles. The average molecular weight is 268 g/mol. The minimum absolute atomic E-state index is 0.648. The Morgan fingerprint density at radius 3 is 2.40 bits per heavy atom. The molecule has 0 aromatic heterocycles. The zero-order valence-corrected chi connectivity index (χ0v) is 11.5. The molecule has 0 atom stereocenters. The monoisotopic (exact) mass is 268 g/mol. The van der Waals surface area contributed by atoms with Gasteiger partial charge in [-0.3, -0.25) is 0 Å². The quantitative estimate of drug-likeness (QED) is 0.904. The van der Waals surface area contributed by atoms with Crippen molar-refractivity contribution in [2.75, 3.05) is 19.5 Å². The Kier molecular flexibility index (Phi) is 4.46. The lowest BCUT2D eigenvalue weighted by molar-refractivity contribution is 0.404. The summed E-state index contributed by atoms with van der Waals surface area (Å²) in [5.41, 5.74) is 2.62. The van der Waals surface area contributed by atoms with Gasteiger partial charge in [0.2, 0.25) is 0 Å². The van der Waals surface area contributed by atoms with E-state index in [1.165, 1.54) is 0 Å². The molecule has 0 spiro atoms. The molecular weight excluding hydrogens is 252 g/mol. The topological polar surface area (TPSA) is 54.3 Å². The highest BCUT2D eigenvalue weighted by atomic mass is 16.5. The third-order valence-electron chi connectivity index (χ3n) is 2.97. The molecule has 0 amide bonds. The Bertz CT molecular complexity index is 615. The number of ether oxygens (including phenoxy) is 2. The van der Waals surface area contributed by atoms with Crippen molar-refractivity contribution in [1.82, 2.24) is 0 Å². The molecule has 4 nitrogen and oxygen atoms in total. The normalized spacial score (nSPS) is 9.65. The Morgan fingerprint density at radius 1 is 1.05 bits per heavy atom. The third kappa shape index (κ3) is 3.21. The molecular formula is C16H16N2O2. The Labute approximate surface area is 118 Å². The largest absolute Gasteiger partial charge is 0.497 e. The molecule has 1 N–H and O–H groups in total. The molecule has 0 bridgehead atoms. The summed E-state index contributed by atoms with van der Waals surface area (Å²) in [6, 6.07) is 15.2.